The lowest BCUT2D eigenvalue weighted by molar-refractivity contribution is -0.137. The summed E-state index contributed by atoms with van der Waals surface area (Å²) in [7, 11) is 0. The number of nitriles is 1. The molecule has 1 aromatic rings. The van der Waals surface area contributed by atoms with Crippen LogP contribution in [0.15, 0.2) is 24.3 Å². The molecule has 1 rings (SSSR count). The summed E-state index contributed by atoms with van der Waals surface area (Å²) in [4.78, 5) is 11.3. The maximum atomic E-state index is 12.6. The molecule has 0 bridgehead atoms. The first-order chi connectivity index (χ1) is 8.95. The van der Waals surface area contributed by atoms with E-state index in [0.29, 0.717) is 0 Å². The largest absolute Gasteiger partial charge is 0.418 e. The predicted molar refractivity (Wildman–Crippen MR) is 63.2 cm³/mol. The monoisotopic (exact) mass is 271 g/mol. The van der Waals surface area contributed by atoms with Gasteiger partial charge in [-0.05, 0) is 12.1 Å². The predicted octanol–water partition coefficient (Wildman–Crippen LogP) is 2.15. The molecule has 4 nitrogen and oxygen atoms in total. The topological polar surface area (TPSA) is 64.9 Å². The van der Waals surface area contributed by atoms with Gasteiger partial charge in [0.15, 0.2) is 0 Å². The quantitative estimate of drug-likeness (QED) is 0.806. The molecule has 2 N–H and O–H groups in total. The van der Waals surface area contributed by atoms with Crippen LogP contribution in [0.5, 0.6) is 0 Å². The Morgan fingerprint density at radius 3 is 2.63 bits per heavy atom. The molecule has 0 radical (unpaired) electrons. The standard InChI is InChI=1S/C12H12F3N3O/c13-12(14,15)9-4-1-2-5-10(9)18-8-11(19)17-7-3-6-16/h1-2,4-5,18H,3,7-8H2,(H,17,19). The van der Waals surface area contributed by atoms with E-state index in [0.717, 1.165) is 6.07 Å². The van der Waals surface area contributed by atoms with Crippen molar-refractivity contribution in [2.45, 2.75) is 12.6 Å². The number of halogens is 3. The maximum Gasteiger partial charge on any atom is 0.418 e. The number of rotatable bonds is 5. The summed E-state index contributed by atoms with van der Waals surface area (Å²) in [6.45, 7) is -0.101. The van der Waals surface area contributed by atoms with E-state index in [2.05, 4.69) is 10.6 Å². The fourth-order valence-electron chi connectivity index (χ4n) is 1.38. The van der Waals surface area contributed by atoms with Gasteiger partial charge in [0.25, 0.3) is 0 Å². The number of para-hydroxylation sites is 1. The molecule has 0 saturated carbocycles. The third kappa shape index (κ3) is 4.87. The van der Waals surface area contributed by atoms with Gasteiger partial charge in [0.1, 0.15) is 0 Å². The lowest BCUT2D eigenvalue weighted by atomic mass is 10.1. The minimum atomic E-state index is -4.47. The smallest absolute Gasteiger partial charge is 0.376 e. The first-order valence-corrected chi connectivity index (χ1v) is 5.49. The van der Waals surface area contributed by atoms with Crippen LogP contribution in [0.2, 0.25) is 0 Å². The molecule has 19 heavy (non-hydrogen) atoms. The van der Waals surface area contributed by atoms with E-state index in [9.17, 15) is 18.0 Å². The summed E-state index contributed by atoms with van der Waals surface area (Å²) in [6.07, 6.45) is -4.31. The van der Waals surface area contributed by atoms with Crippen molar-refractivity contribution in [3.8, 4) is 6.07 Å². The molecule has 0 heterocycles. The molecular weight excluding hydrogens is 259 g/mol. The summed E-state index contributed by atoms with van der Waals surface area (Å²) < 4.78 is 37.9. The molecule has 0 fully saturated rings. The van der Waals surface area contributed by atoms with Crippen molar-refractivity contribution in [2.24, 2.45) is 0 Å². The number of hydrogen-bond donors (Lipinski definition) is 2. The summed E-state index contributed by atoms with van der Waals surface area (Å²) in [5.41, 5.74) is -0.967. The van der Waals surface area contributed by atoms with Crippen LogP contribution in [0.3, 0.4) is 0 Å². The number of alkyl halides is 3. The fraction of sp³-hybridized carbons (Fsp3) is 0.333. The minimum absolute atomic E-state index is 0.148. The van der Waals surface area contributed by atoms with Crippen LogP contribution in [0.25, 0.3) is 0 Å². The Morgan fingerprint density at radius 1 is 1.32 bits per heavy atom. The molecule has 0 saturated heterocycles. The highest BCUT2D eigenvalue weighted by molar-refractivity contribution is 5.81. The van der Waals surface area contributed by atoms with Gasteiger partial charge < -0.3 is 10.6 Å². The lowest BCUT2D eigenvalue weighted by Crippen LogP contribution is -2.30. The molecule has 0 spiro atoms. The molecule has 1 aromatic carbocycles. The van der Waals surface area contributed by atoms with Gasteiger partial charge in [0, 0.05) is 12.2 Å². The van der Waals surface area contributed by atoms with E-state index >= 15 is 0 Å². The third-order valence-electron chi connectivity index (χ3n) is 2.23. The van der Waals surface area contributed by atoms with Crippen molar-refractivity contribution < 1.29 is 18.0 Å². The van der Waals surface area contributed by atoms with Gasteiger partial charge in [-0.1, -0.05) is 12.1 Å². The number of carbonyl (C=O) groups is 1. The Labute approximate surface area is 108 Å². The second kappa shape index (κ2) is 6.64. The summed E-state index contributed by atoms with van der Waals surface area (Å²) in [6, 6.07) is 6.77. The van der Waals surface area contributed by atoms with Crippen LogP contribution in [0.4, 0.5) is 18.9 Å². The van der Waals surface area contributed by atoms with E-state index in [1.807, 2.05) is 6.07 Å². The molecule has 0 atom stereocenters. The second-order valence-corrected chi connectivity index (χ2v) is 3.65. The van der Waals surface area contributed by atoms with E-state index < -0.39 is 17.6 Å². The molecule has 0 unspecified atom stereocenters. The van der Waals surface area contributed by atoms with E-state index in [1.165, 1.54) is 18.2 Å². The first-order valence-electron chi connectivity index (χ1n) is 5.49. The third-order valence-corrected chi connectivity index (χ3v) is 2.23. The zero-order chi connectivity index (χ0) is 14.3. The Morgan fingerprint density at radius 2 is 2.00 bits per heavy atom. The Hall–Kier alpha value is -2.23. The van der Waals surface area contributed by atoms with E-state index in [1.54, 1.807) is 0 Å². The number of nitrogens with zero attached hydrogens (tertiary/aromatic N) is 1. The lowest BCUT2D eigenvalue weighted by Gasteiger charge is -2.14. The van der Waals surface area contributed by atoms with Crippen molar-refractivity contribution >= 4 is 11.6 Å². The van der Waals surface area contributed by atoms with Gasteiger partial charge in [0.05, 0.1) is 24.6 Å². The van der Waals surface area contributed by atoms with Crippen LogP contribution >= 0.6 is 0 Å². The highest BCUT2D eigenvalue weighted by atomic mass is 19.4. The maximum absolute atomic E-state index is 12.6. The van der Waals surface area contributed by atoms with Gasteiger partial charge in [-0.3, -0.25) is 4.79 Å². The molecule has 0 aliphatic carbocycles. The highest BCUT2D eigenvalue weighted by Crippen LogP contribution is 2.34. The van der Waals surface area contributed by atoms with Gasteiger partial charge >= 0.3 is 6.18 Å². The number of hydrogen-bond acceptors (Lipinski definition) is 3. The van der Waals surface area contributed by atoms with Crippen molar-refractivity contribution in [1.82, 2.24) is 5.32 Å². The highest BCUT2D eigenvalue weighted by Gasteiger charge is 2.33. The summed E-state index contributed by atoms with van der Waals surface area (Å²) in [5.74, 6) is -0.466. The van der Waals surface area contributed by atoms with Crippen LogP contribution in [0.1, 0.15) is 12.0 Å². The van der Waals surface area contributed by atoms with Crippen LogP contribution < -0.4 is 10.6 Å². The number of anilines is 1. The van der Waals surface area contributed by atoms with Crippen molar-refractivity contribution in [3.05, 3.63) is 29.8 Å². The zero-order valence-electron chi connectivity index (χ0n) is 9.92. The molecule has 0 aliphatic rings. The fourth-order valence-corrected chi connectivity index (χ4v) is 1.38. The summed E-state index contributed by atoms with van der Waals surface area (Å²) in [5, 5.41) is 13.1. The minimum Gasteiger partial charge on any atom is -0.376 e. The van der Waals surface area contributed by atoms with Gasteiger partial charge in [-0.15, -0.1) is 0 Å². The van der Waals surface area contributed by atoms with Crippen molar-refractivity contribution in [1.29, 1.82) is 5.26 Å². The number of amides is 1. The average molecular weight is 271 g/mol. The molecule has 0 aliphatic heterocycles. The molecule has 102 valence electrons. The van der Waals surface area contributed by atoms with Crippen LogP contribution in [0, 0.1) is 11.3 Å². The van der Waals surface area contributed by atoms with Crippen LogP contribution in [-0.2, 0) is 11.0 Å². The normalized spacial score (nSPS) is 10.6. The van der Waals surface area contributed by atoms with Crippen LogP contribution in [-0.4, -0.2) is 19.0 Å². The molecule has 7 heteroatoms. The van der Waals surface area contributed by atoms with Gasteiger partial charge in [-0.2, -0.15) is 18.4 Å². The Kier molecular flexibility index (Phi) is 5.18. The summed E-state index contributed by atoms with van der Waals surface area (Å²) >= 11 is 0. The SMILES string of the molecule is N#CCCNC(=O)CNc1ccccc1C(F)(F)F. The number of nitrogens with one attached hydrogen (secondary N) is 2. The first kappa shape index (κ1) is 14.8. The van der Waals surface area contributed by atoms with Gasteiger partial charge in [-0.25, -0.2) is 0 Å². The van der Waals surface area contributed by atoms with Crippen molar-refractivity contribution in [3.63, 3.8) is 0 Å². The second-order valence-electron chi connectivity index (χ2n) is 3.65. The van der Waals surface area contributed by atoms with E-state index in [4.69, 9.17) is 5.26 Å². The molecule has 1 amide bonds. The van der Waals surface area contributed by atoms with Gasteiger partial charge in [0.2, 0.25) is 5.91 Å². The van der Waals surface area contributed by atoms with E-state index in [-0.39, 0.29) is 25.2 Å². The number of carbonyl (C=O) groups excluding carboxylic acids is 1. The Bertz CT molecular complexity index is 480. The zero-order valence-corrected chi connectivity index (χ0v) is 9.92. The number of benzene rings is 1. The average Bonchev–Trinajstić information content (AvgIpc) is 2.36. The van der Waals surface area contributed by atoms with Crippen molar-refractivity contribution in [2.75, 3.05) is 18.4 Å². The Balaban J connectivity index is 2.59. The molecule has 0 aromatic heterocycles. The molecular formula is C12H12F3N3O.